The van der Waals surface area contributed by atoms with Gasteiger partial charge in [-0.2, -0.15) is 0 Å². The van der Waals surface area contributed by atoms with Crippen LogP contribution in [-0.4, -0.2) is 33.9 Å². The van der Waals surface area contributed by atoms with Gasteiger partial charge in [0.25, 0.3) is 0 Å². The molecule has 1 aliphatic heterocycles. The van der Waals surface area contributed by atoms with Gasteiger partial charge in [-0.25, -0.2) is 0 Å². The average molecular weight is 252 g/mol. The molecule has 0 radical (unpaired) electrons. The van der Waals surface area contributed by atoms with E-state index in [4.69, 9.17) is 4.74 Å². The summed E-state index contributed by atoms with van der Waals surface area (Å²) in [6.07, 6.45) is 2.81. The normalized spacial score (nSPS) is 17.3. The minimum atomic E-state index is -0.292. The second-order valence-corrected chi connectivity index (χ2v) is 4.60. The molecule has 18 heavy (non-hydrogen) atoms. The molecule has 0 spiro atoms. The number of carbonyl (C=O) groups is 1. The van der Waals surface area contributed by atoms with Crippen LogP contribution in [0, 0.1) is 0 Å². The third kappa shape index (κ3) is 2.38. The van der Waals surface area contributed by atoms with E-state index in [1.165, 1.54) is 7.11 Å². The Morgan fingerprint density at radius 3 is 3.00 bits per heavy atom. The number of nitrogens with zero attached hydrogens (tertiary/aromatic N) is 3. The molecule has 0 aromatic carbocycles. The molecule has 1 N–H and O–H groups in total. The summed E-state index contributed by atoms with van der Waals surface area (Å²) in [5.74, 6) is 1.72. The quantitative estimate of drug-likeness (QED) is 0.786. The van der Waals surface area contributed by atoms with Crippen LogP contribution < -0.4 is 5.32 Å². The summed E-state index contributed by atoms with van der Waals surface area (Å²) >= 11 is 0. The highest BCUT2D eigenvalue weighted by Gasteiger charge is 2.25. The summed E-state index contributed by atoms with van der Waals surface area (Å²) in [4.78, 5) is 11.6. The largest absolute Gasteiger partial charge is 0.468 e. The van der Waals surface area contributed by atoms with E-state index in [-0.39, 0.29) is 18.1 Å². The van der Waals surface area contributed by atoms with Gasteiger partial charge in [0.05, 0.1) is 13.2 Å². The number of carbonyl (C=O) groups excluding carboxylic acids is 1. The SMILES string of the molecule is CCC(NC(C)c1nnc2n1CCC2)C(=O)OC. The number of hydrogen-bond acceptors (Lipinski definition) is 5. The van der Waals surface area contributed by atoms with E-state index < -0.39 is 0 Å². The second-order valence-electron chi connectivity index (χ2n) is 4.60. The van der Waals surface area contributed by atoms with Crippen LogP contribution in [0.4, 0.5) is 0 Å². The molecule has 2 rings (SSSR count). The Labute approximate surface area is 107 Å². The fourth-order valence-electron chi connectivity index (χ4n) is 2.36. The van der Waals surface area contributed by atoms with Crippen LogP contribution in [0.2, 0.25) is 0 Å². The maximum absolute atomic E-state index is 11.6. The average Bonchev–Trinajstić information content (AvgIpc) is 2.96. The molecule has 0 saturated carbocycles. The van der Waals surface area contributed by atoms with Gasteiger partial charge in [-0.15, -0.1) is 10.2 Å². The van der Waals surface area contributed by atoms with Crippen LogP contribution in [0.25, 0.3) is 0 Å². The predicted octanol–water partition coefficient (Wildman–Crippen LogP) is 0.826. The summed E-state index contributed by atoms with van der Waals surface area (Å²) < 4.78 is 6.91. The van der Waals surface area contributed by atoms with Gasteiger partial charge >= 0.3 is 5.97 Å². The van der Waals surface area contributed by atoms with E-state index in [1.54, 1.807) is 0 Å². The van der Waals surface area contributed by atoms with Crippen LogP contribution in [0.3, 0.4) is 0 Å². The van der Waals surface area contributed by atoms with Gasteiger partial charge in [0.2, 0.25) is 0 Å². The molecule has 2 heterocycles. The van der Waals surface area contributed by atoms with E-state index in [9.17, 15) is 4.79 Å². The first kappa shape index (κ1) is 13.0. The lowest BCUT2D eigenvalue weighted by Crippen LogP contribution is -2.39. The van der Waals surface area contributed by atoms with Gasteiger partial charge in [-0.3, -0.25) is 10.1 Å². The third-order valence-electron chi connectivity index (χ3n) is 3.37. The van der Waals surface area contributed by atoms with Crippen LogP contribution in [0.1, 0.15) is 44.4 Å². The molecule has 2 atom stereocenters. The number of hydrogen-bond donors (Lipinski definition) is 1. The molecule has 0 fully saturated rings. The molecule has 0 aliphatic carbocycles. The van der Waals surface area contributed by atoms with Crippen LogP contribution in [0.15, 0.2) is 0 Å². The van der Waals surface area contributed by atoms with Gasteiger partial charge in [0.15, 0.2) is 0 Å². The molecule has 6 heteroatoms. The summed E-state index contributed by atoms with van der Waals surface area (Å²) in [6, 6.07) is -0.298. The molecule has 100 valence electrons. The van der Waals surface area contributed by atoms with Gasteiger partial charge in [0, 0.05) is 13.0 Å². The number of esters is 1. The van der Waals surface area contributed by atoms with Crippen molar-refractivity contribution in [2.75, 3.05) is 7.11 Å². The third-order valence-corrected chi connectivity index (χ3v) is 3.37. The molecule has 0 saturated heterocycles. The van der Waals surface area contributed by atoms with Crippen molar-refractivity contribution in [3.05, 3.63) is 11.6 Å². The molecular weight excluding hydrogens is 232 g/mol. The minimum absolute atomic E-state index is 0.00611. The summed E-state index contributed by atoms with van der Waals surface area (Å²) in [5, 5.41) is 11.6. The Morgan fingerprint density at radius 2 is 2.33 bits per heavy atom. The zero-order chi connectivity index (χ0) is 13.1. The first-order chi connectivity index (χ1) is 8.67. The van der Waals surface area contributed by atoms with Crippen molar-refractivity contribution in [2.24, 2.45) is 0 Å². The Kier molecular flexibility index (Phi) is 3.96. The summed E-state index contributed by atoms with van der Waals surface area (Å²) in [5.41, 5.74) is 0. The van der Waals surface area contributed by atoms with Crippen molar-refractivity contribution >= 4 is 5.97 Å². The lowest BCUT2D eigenvalue weighted by Gasteiger charge is -2.19. The van der Waals surface area contributed by atoms with Crippen molar-refractivity contribution < 1.29 is 9.53 Å². The van der Waals surface area contributed by atoms with Crippen molar-refractivity contribution in [3.8, 4) is 0 Å². The topological polar surface area (TPSA) is 69.0 Å². The Morgan fingerprint density at radius 1 is 1.56 bits per heavy atom. The van der Waals surface area contributed by atoms with Gasteiger partial charge in [-0.05, 0) is 19.8 Å². The van der Waals surface area contributed by atoms with E-state index in [0.29, 0.717) is 6.42 Å². The Bertz CT molecular complexity index is 430. The fourth-order valence-corrected chi connectivity index (χ4v) is 2.36. The zero-order valence-electron chi connectivity index (χ0n) is 11.1. The summed E-state index contributed by atoms with van der Waals surface area (Å²) in [7, 11) is 1.41. The number of aryl methyl sites for hydroxylation is 1. The van der Waals surface area contributed by atoms with Crippen molar-refractivity contribution in [1.29, 1.82) is 0 Å². The smallest absolute Gasteiger partial charge is 0.322 e. The number of rotatable bonds is 5. The number of methoxy groups -OCH3 is 1. The van der Waals surface area contributed by atoms with E-state index in [1.807, 2.05) is 13.8 Å². The molecule has 2 unspecified atom stereocenters. The van der Waals surface area contributed by atoms with E-state index in [2.05, 4.69) is 20.1 Å². The van der Waals surface area contributed by atoms with Crippen LogP contribution in [0.5, 0.6) is 0 Å². The lowest BCUT2D eigenvalue weighted by atomic mass is 10.2. The van der Waals surface area contributed by atoms with E-state index >= 15 is 0 Å². The van der Waals surface area contributed by atoms with Gasteiger partial charge in [0.1, 0.15) is 17.7 Å². The highest BCUT2D eigenvalue weighted by Crippen LogP contribution is 2.19. The standard InChI is InChI=1S/C12H20N4O2/c1-4-9(12(17)18-3)13-8(2)11-15-14-10-6-5-7-16(10)11/h8-9,13H,4-7H2,1-3H3. The van der Waals surface area contributed by atoms with Crippen molar-refractivity contribution in [3.63, 3.8) is 0 Å². The number of nitrogens with one attached hydrogen (secondary N) is 1. The Hall–Kier alpha value is -1.43. The molecule has 6 nitrogen and oxygen atoms in total. The monoisotopic (exact) mass is 252 g/mol. The van der Waals surface area contributed by atoms with Crippen molar-refractivity contribution in [2.45, 2.75) is 51.7 Å². The first-order valence-electron chi connectivity index (χ1n) is 6.43. The van der Waals surface area contributed by atoms with Crippen LogP contribution >= 0.6 is 0 Å². The maximum atomic E-state index is 11.6. The summed E-state index contributed by atoms with van der Waals surface area (Å²) in [6.45, 7) is 4.93. The zero-order valence-corrected chi connectivity index (χ0v) is 11.1. The first-order valence-corrected chi connectivity index (χ1v) is 6.43. The number of ether oxygens (including phenoxy) is 1. The van der Waals surface area contributed by atoms with Crippen LogP contribution in [-0.2, 0) is 22.5 Å². The number of fused-ring (bicyclic) bond motifs is 1. The van der Waals surface area contributed by atoms with Gasteiger partial charge in [-0.1, -0.05) is 6.92 Å². The number of aromatic nitrogens is 3. The molecule has 1 aromatic rings. The highest BCUT2D eigenvalue weighted by atomic mass is 16.5. The molecule has 0 bridgehead atoms. The molecular formula is C12H20N4O2. The molecule has 0 amide bonds. The minimum Gasteiger partial charge on any atom is -0.468 e. The van der Waals surface area contributed by atoms with E-state index in [0.717, 1.165) is 31.0 Å². The van der Waals surface area contributed by atoms with Gasteiger partial charge < -0.3 is 9.30 Å². The molecule has 1 aromatic heterocycles. The predicted molar refractivity (Wildman–Crippen MR) is 66.0 cm³/mol. The fraction of sp³-hybridized carbons (Fsp3) is 0.750. The Balaban J connectivity index is 2.06. The highest BCUT2D eigenvalue weighted by molar-refractivity contribution is 5.75. The lowest BCUT2D eigenvalue weighted by molar-refractivity contribution is -0.143. The second kappa shape index (κ2) is 5.48. The molecule has 1 aliphatic rings. The maximum Gasteiger partial charge on any atom is 0.322 e. The van der Waals surface area contributed by atoms with Crippen molar-refractivity contribution in [1.82, 2.24) is 20.1 Å².